The third-order valence-corrected chi connectivity index (χ3v) is 2.68. The van der Waals surface area contributed by atoms with Crippen molar-refractivity contribution in [2.45, 2.75) is 20.3 Å². The van der Waals surface area contributed by atoms with Gasteiger partial charge in [0.05, 0.1) is 11.9 Å². The number of imidazole rings is 1. The van der Waals surface area contributed by atoms with Gasteiger partial charge in [-0.3, -0.25) is 14.2 Å². The van der Waals surface area contributed by atoms with Crippen LogP contribution in [0.3, 0.4) is 0 Å². The molecule has 2 aromatic heterocycles. The molecule has 7 heteroatoms. The number of hydrogen-bond donors (Lipinski definition) is 2. The molecule has 2 N–H and O–H groups in total. The van der Waals surface area contributed by atoms with Gasteiger partial charge in [-0.2, -0.15) is 0 Å². The Morgan fingerprint density at radius 2 is 2.10 bits per heavy atom. The fraction of sp³-hybridized carbons (Fsp3) is 0.286. The number of pyridine rings is 1. The second-order valence-corrected chi connectivity index (χ2v) is 4.51. The molecule has 0 aliphatic rings. The van der Waals surface area contributed by atoms with E-state index in [-0.39, 0.29) is 11.8 Å². The zero-order valence-electron chi connectivity index (χ0n) is 12.0. The Kier molecular flexibility index (Phi) is 4.65. The molecule has 2 aromatic rings. The lowest BCUT2D eigenvalue weighted by Crippen LogP contribution is -2.24. The molecular formula is C14H17N5O2. The van der Waals surface area contributed by atoms with Gasteiger partial charge in [0, 0.05) is 19.7 Å². The van der Waals surface area contributed by atoms with Crippen molar-refractivity contribution in [2.24, 2.45) is 0 Å². The van der Waals surface area contributed by atoms with Crippen molar-refractivity contribution in [3.05, 3.63) is 36.5 Å². The Labute approximate surface area is 122 Å². The van der Waals surface area contributed by atoms with Crippen LogP contribution >= 0.6 is 0 Å². The molecular weight excluding hydrogens is 270 g/mol. The van der Waals surface area contributed by atoms with Crippen molar-refractivity contribution < 1.29 is 9.59 Å². The number of anilines is 1. The first kappa shape index (κ1) is 14.7. The van der Waals surface area contributed by atoms with E-state index < -0.39 is 0 Å². The molecule has 0 fully saturated rings. The first-order valence-corrected chi connectivity index (χ1v) is 6.66. The quantitative estimate of drug-likeness (QED) is 0.869. The largest absolute Gasteiger partial charge is 0.351 e. The van der Waals surface area contributed by atoms with E-state index in [4.69, 9.17) is 0 Å². The topological polar surface area (TPSA) is 88.9 Å². The highest BCUT2D eigenvalue weighted by atomic mass is 16.2. The van der Waals surface area contributed by atoms with Crippen LogP contribution < -0.4 is 10.6 Å². The van der Waals surface area contributed by atoms with Crippen molar-refractivity contribution in [1.82, 2.24) is 19.9 Å². The van der Waals surface area contributed by atoms with Crippen LogP contribution in [0.2, 0.25) is 0 Å². The van der Waals surface area contributed by atoms with Gasteiger partial charge in [-0.15, -0.1) is 0 Å². The Morgan fingerprint density at radius 1 is 1.29 bits per heavy atom. The van der Waals surface area contributed by atoms with Crippen LogP contribution in [0.4, 0.5) is 5.69 Å². The van der Waals surface area contributed by atoms with Gasteiger partial charge in [0.15, 0.2) is 0 Å². The summed E-state index contributed by atoms with van der Waals surface area (Å²) in [5.74, 6) is 0.263. The average molecular weight is 287 g/mol. The summed E-state index contributed by atoms with van der Waals surface area (Å²) in [6, 6.07) is 3.47. The molecule has 0 radical (unpaired) electrons. The van der Waals surface area contributed by atoms with Crippen LogP contribution in [0.5, 0.6) is 0 Å². The Bertz CT molecular complexity index is 633. The summed E-state index contributed by atoms with van der Waals surface area (Å²) in [6.07, 6.45) is 5.57. The molecule has 0 bridgehead atoms. The highest BCUT2D eigenvalue weighted by Crippen LogP contribution is 2.10. The van der Waals surface area contributed by atoms with Gasteiger partial charge in [-0.1, -0.05) is 6.92 Å². The number of aromatic nitrogens is 3. The van der Waals surface area contributed by atoms with Gasteiger partial charge < -0.3 is 10.6 Å². The fourth-order valence-electron chi connectivity index (χ4n) is 1.71. The van der Waals surface area contributed by atoms with Crippen molar-refractivity contribution >= 4 is 17.5 Å². The minimum Gasteiger partial charge on any atom is -0.351 e. The Balaban J connectivity index is 2.10. The van der Waals surface area contributed by atoms with E-state index in [1.165, 1.54) is 13.3 Å². The minimum atomic E-state index is -0.203. The highest BCUT2D eigenvalue weighted by molar-refractivity contribution is 5.92. The average Bonchev–Trinajstić information content (AvgIpc) is 2.95. The molecule has 21 heavy (non-hydrogen) atoms. The van der Waals surface area contributed by atoms with E-state index in [0.29, 0.717) is 23.7 Å². The lowest BCUT2D eigenvalue weighted by molar-refractivity contribution is -0.114. The third kappa shape index (κ3) is 3.88. The SMILES string of the molecule is CCCNC(=O)c1cn(-c2ccc(NC(C)=O)cn2)cn1. The molecule has 0 aliphatic carbocycles. The van der Waals surface area contributed by atoms with Crippen molar-refractivity contribution in [2.75, 3.05) is 11.9 Å². The minimum absolute atomic E-state index is 0.151. The van der Waals surface area contributed by atoms with Crippen LogP contribution in [0.25, 0.3) is 5.82 Å². The number of rotatable bonds is 5. The molecule has 2 heterocycles. The van der Waals surface area contributed by atoms with Gasteiger partial charge in [0.1, 0.15) is 17.8 Å². The van der Waals surface area contributed by atoms with Gasteiger partial charge in [-0.25, -0.2) is 9.97 Å². The first-order valence-electron chi connectivity index (χ1n) is 6.66. The Morgan fingerprint density at radius 3 is 2.71 bits per heavy atom. The van der Waals surface area contributed by atoms with Gasteiger partial charge in [0.2, 0.25) is 5.91 Å². The molecule has 7 nitrogen and oxygen atoms in total. The summed E-state index contributed by atoms with van der Waals surface area (Å²) >= 11 is 0. The van der Waals surface area contributed by atoms with E-state index in [2.05, 4.69) is 20.6 Å². The second kappa shape index (κ2) is 6.65. The number of hydrogen-bond acceptors (Lipinski definition) is 4. The normalized spacial score (nSPS) is 10.2. The molecule has 2 rings (SSSR count). The van der Waals surface area contributed by atoms with Crippen molar-refractivity contribution in [3.8, 4) is 5.82 Å². The maximum Gasteiger partial charge on any atom is 0.271 e. The summed E-state index contributed by atoms with van der Waals surface area (Å²) in [5, 5.41) is 5.40. The molecule has 0 unspecified atom stereocenters. The molecule has 0 atom stereocenters. The summed E-state index contributed by atoms with van der Waals surface area (Å²) < 4.78 is 1.65. The summed E-state index contributed by atoms with van der Waals surface area (Å²) in [4.78, 5) is 31.0. The lowest BCUT2D eigenvalue weighted by atomic mass is 10.4. The van der Waals surface area contributed by atoms with E-state index >= 15 is 0 Å². The van der Waals surface area contributed by atoms with E-state index in [0.717, 1.165) is 6.42 Å². The number of amides is 2. The summed E-state index contributed by atoms with van der Waals surface area (Å²) in [7, 11) is 0. The molecule has 0 aliphatic heterocycles. The Hall–Kier alpha value is -2.70. The van der Waals surface area contributed by atoms with Crippen LogP contribution in [-0.4, -0.2) is 32.9 Å². The molecule has 0 aromatic carbocycles. The maximum atomic E-state index is 11.8. The highest BCUT2D eigenvalue weighted by Gasteiger charge is 2.09. The predicted octanol–water partition coefficient (Wildman–Crippen LogP) is 1.37. The molecule has 110 valence electrons. The van der Waals surface area contributed by atoms with Crippen LogP contribution in [0, 0.1) is 0 Å². The molecule has 0 saturated heterocycles. The van der Waals surface area contributed by atoms with Crippen LogP contribution in [0.15, 0.2) is 30.9 Å². The zero-order chi connectivity index (χ0) is 15.2. The van der Waals surface area contributed by atoms with Crippen LogP contribution in [0.1, 0.15) is 30.8 Å². The van der Waals surface area contributed by atoms with E-state index in [1.54, 1.807) is 29.1 Å². The van der Waals surface area contributed by atoms with Crippen molar-refractivity contribution in [1.29, 1.82) is 0 Å². The zero-order valence-corrected chi connectivity index (χ0v) is 12.0. The summed E-state index contributed by atoms with van der Waals surface area (Å²) in [6.45, 7) is 4.04. The van der Waals surface area contributed by atoms with E-state index in [1.807, 2.05) is 6.92 Å². The number of carbonyl (C=O) groups is 2. The molecule has 2 amide bonds. The van der Waals surface area contributed by atoms with Gasteiger partial charge in [-0.05, 0) is 18.6 Å². The second-order valence-electron chi connectivity index (χ2n) is 4.51. The first-order chi connectivity index (χ1) is 10.1. The van der Waals surface area contributed by atoms with Crippen LogP contribution in [-0.2, 0) is 4.79 Å². The number of nitrogens with one attached hydrogen (secondary N) is 2. The smallest absolute Gasteiger partial charge is 0.271 e. The van der Waals surface area contributed by atoms with Gasteiger partial charge in [0.25, 0.3) is 5.91 Å². The predicted molar refractivity (Wildman–Crippen MR) is 78.3 cm³/mol. The third-order valence-electron chi connectivity index (χ3n) is 2.68. The van der Waals surface area contributed by atoms with Crippen molar-refractivity contribution in [3.63, 3.8) is 0 Å². The fourth-order valence-corrected chi connectivity index (χ4v) is 1.71. The van der Waals surface area contributed by atoms with E-state index in [9.17, 15) is 9.59 Å². The summed E-state index contributed by atoms with van der Waals surface area (Å²) in [5.41, 5.74) is 0.962. The number of carbonyl (C=O) groups excluding carboxylic acids is 2. The standard InChI is InChI=1S/C14H17N5O2/c1-3-6-15-14(21)12-8-19(9-17-12)13-5-4-11(7-16-13)18-10(2)20/h4-5,7-9H,3,6H2,1-2H3,(H,15,21)(H,18,20). The monoisotopic (exact) mass is 287 g/mol. The lowest BCUT2D eigenvalue weighted by Gasteiger charge is -2.04. The van der Waals surface area contributed by atoms with Gasteiger partial charge >= 0.3 is 0 Å². The molecule has 0 saturated carbocycles. The number of nitrogens with zero attached hydrogens (tertiary/aromatic N) is 3. The maximum absolute atomic E-state index is 11.8. The molecule has 0 spiro atoms.